The quantitative estimate of drug-likeness (QED) is 0.778. The van der Waals surface area contributed by atoms with E-state index in [1.165, 1.54) is 0 Å². The number of nitrogens with zero attached hydrogens (tertiary/aromatic N) is 2. The number of aromatic nitrogens is 2. The Bertz CT molecular complexity index is 554. The number of hydrogen-bond acceptors (Lipinski definition) is 6. The molecule has 0 unspecified atom stereocenters. The van der Waals surface area contributed by atoms with Gasteiger partial charge in [0.15, 0.2) is 0 Å². The number of methoxy groups -OCH3 is 1. The first-order chi connectivity index (χ1) is 10.2. The number of ether oxygens (including phenoxy) is 1. The third kappa shape index (κ3) is 5.07. The molecule has 0 bridgehead atoms. The monoisotopic (exact) mass is 290 g/mol. The highest BCUT2D eigenvalue weighted by Crippen LogP contribution is 2.14. The largest absolute Gasteiger partial charge is 0.497 e. The van der Waals surface area contributed by atoms with Gasteiger partial charge in [-0.25, -0.2) is 0 Å². The normalized spacial score (nSPS) is 10.9. The maximum absolute atomic E-state index is 5.52. The van der Waals surface area contributed by atoms with E-state index in [9.17, 15) is 0 Å². The van der Waals surface area contributed by atoms with Crippen molar-refractivity contribution in [3.8, 4) is 5.75 Å². The number of rotatable bonds is 8. The summed E-state index contributed by atoms with van der Waals surface area (Å²) in [6.45, 7) is 6.43. The van der Waals surface area contributed by atoms with Gasteiger partial charge < -0.3 is 19.8 Å². The van der Waals surface area contributed by atoms with E-state index in [0.29, 0.717) is 30.9 Å². The van der Waals surface area contributed by atoms with Crippen LogP contribution in [-0.4, -0.2) is 23.9 Å². The van der Waals surface area contributed by atoms with Crippen molar-refractivity contribution in [3.05, 3.63) is 35.7 Å². The zero-order chi connectivity index (χ0) is 15.1. The van der Waals surface area contributed by atoms with Gasteiger partial charge >= 0.3 is 6.01 Å². The third-order valence-electron chi connectivity index (χ3n) is 2.87. The van der Waals surface area contributed by atoms with Crippen LogP contribution in [0.15, 0.2) is 28.7 Å². The van der Waals surface area contributed by atoms with E-state index < -0.39 is 0 Å². The van der Waals surface area contributed by atoms with E-state index in [4.69, 9.17) is 9.15 Å². The summed E-state index contributed by atoms with van der Waals surface area (Å²) in [5.74, 6) is 2.01. The zero-order valence-corrected chi connectivity index (χ0v) is 12.7. The molecule has 2 rings (SSSR count). The second kappa shape index (κ2) is 7.64. The van der Waals surface area contributed by atoms with E-state index in [1.807, 2.05) is 24.3 Å². The lowest BCUT2D eigenvalue weighted by Gasteiger charge is -2.05. The van der Waals surface area contributed by atoms with Crippen molar-refractivity contribution in [1.82, 2.24) is 15.5 Å². The summed E-state index contributed by atoms with van der Waals surface area (Å²) < 4.78 is 10.7. The topological polar surface area (TPSA) is 72.2 Å². The number of hydrogen-bond donors (Lipinski definition) is 2. The van der Waals surface area contributed by atoms with Crippen LogP contribution in [-0.2, 0) is 13.1 Å². The first-order valence-electron chi connectivity index (χ1n) is 7.07. The number of benzene rings is 1. The maximum atomic E-state index is 5.52. The van der Waals surface area contributed by atoms with Gasteiger partial charge in [0.05, 0.1) is 13.7 Å². The van der Waals surface area contributed by atoms with Crippen LogP contribution in [0.2, 0.25) is 0 Å². The van der Waals surface area contributed by atoms with Crippen LogP contribution in [0.1, 0.15) is 25.3 Å². The van der Waals surface area contributed by atoms with Crippen LogP contribution in [0.5, 0.6) is 5.75 Å². The lowest BCUT2D eigenvalue weighted by molar-refractivity contribution is 0.414. The minimum Gasteiger partial charge on any atom is -0.497 e. The molecule has 0 saturated carbocycles. The van der Waals surface area contributed by atoms with Crippen molar-refractivity contribution in [3.63, 3.8) is 0 Å². The molecule has 0 atom stereocenters. The van der Waals surface area contributed by atoms with E-state index in [2.05, 4.69) is 34.7 Å². The zero-order valence-electron chi connectivity index (χ0n) is 12.7. The third-order valence-corrected chi connectivity index (χ3v) is 2.87. The molecule has 1 aromatic carbocycles. The summed E-state index contributed by atoms with van der Waals surface area (Å²) >= 11 is 0. The van der Waals surface area contributed by atoms with Gasteiger partial charge in [-0.3, -0.25) is 0 Å². The Morgan fingerprint density at radius 1 is 1.24 bits per heavy atom. The van der Waals surface area contributed by atoms with Gasteiger partial charge in [0.2, 0.25) is 5.89 Å². The first kappa shape index (κ1) is 15.3. The molecular weight excluding hydrogens is 268 g/mol. The number of nitrogens with one attached hydrogen (secondary N) is 2. The molecule has 0 amide bonds. The average Bonchev–Trinajstić information content (AvgIpc) is 2.93. The predicted octanol–water partition coefficient (Wildman–Crippen LogP) is 2.44. The highest BCUT2D eigenvalue weighted by molar-refractivity contribution is 5.31. The Balaban J connectivity index is 1.82. The minimum absolute atomic E-state index is 0.430. The molecule has 1 heterocycles. The summed E-state index contributed by atoms with van der Waals surface area (Å²) in [6.07, 6.45) is 0. The van der Waals surface area contributed by atoms with Crippen LogP contribution in [0.3, 0.4) is 0 Å². The summed E-state index contributed by atoms with van der Waals surface area (Å²) in [5, 5.41) is 14.3. The fourth-order valence-electron chi connectivity index (χ4n) is 1.82. The Morgan fingerprint density at radius 2 is 2.10 bits per heavy atom. The molecule has 1 aromatic heterocycles. The molecule has 21 heavy (non-hydrogen) atoms. The van der Waals surface area contributed by atoms with Crippen LogP contribution < -0.4 is 15.4 Å². The van der Waals surface area contributed by atoms with Crippen molar-refractivity contribution < 1.29 is 9.15 Å². The molecule has 2 N–H and O–H groups in total. The summed E-state index contributed by atoms with van der Waals surface area (Å²) in [6, 6.07) is 8.27. The lowest BCUT2D eigenvalue weighted by Crippen LogP contribution is -2.19. The fraction of sp³-hybridized carbons (Fsp3) is 0.467. The van der Waals surface area contributed by atoms with Crippen molar-refractivity contribution in [1.29, 1.82) is 0 Å². The van der Waals surface area contributed by atoms with E-state index in [-0.39, 0.29) is 0 Å². The van der Waals surface area contributed by atoms with Gasteiger partial charge in [0.1, 0.15) is 5.75 Å². The van der Waals surface area contributed by atoms with Gasteiger partial charge in [0, 0.05) is 6.54 Å². The van der Waals surface area contributed by atoms with Crippen molar-refractivity contribution in [2.75, 3.05) is 19.0 Å². The fourth-order valence-corrected chi connectivity index (χ4v) is 1.82. The van der Waals surface area contributed by atoms with Crippen LogP contribution >= 0.6 is 0 Å². The molecule has 2 aromatic rings. The molecule has 0 aliphatic rings. The predicted molar refractivity (Wildman–Crippen MR) is 81.2 cm³/mol. The Morgan fingerprint density at radius 3 is 2.86 bits per heavy atom. The molecule has 0 fully saturated rings. The van der Waals surface area contributed by atoms with Crippen molar-refractivity contribution in [2.45, 2.75) is 26.9 Å². The Kier molecular flexibility index (Phi) is 5.57. The standard InChI is InChI=1S/C15H22N4O2/c1-11(2)8-16-10-14-18-19-15(21-14)17-9-12-5-4-6-13(7-12)20-3/h4-7,11,16H,8-10H2,1-3H3,(H,17,19). The molecule has 6 nitrogen and oxygen atoms in total. The van der Waals surface area contributed by atoms with E-state index in [1.54, 1.807) is 7.11 Å². The highest BCUT2D eigenvalue weighted by Gasteiger charge is 2.06. The lowest BCUT2D eigenvalue weighted by atomic mass is 10.2. The van der Waals surface area contributed by atoms with Crippen molar-refractivity contribution in [2.24, 2.45) is 5.92 Å². The van der Waals surface area contributed by atoms with Crippen molar-refractivity contribution >= 4 is 6.01 Å². The van der Waals surface area contributed by atoms with Gasteiger partial charge in [-0.2, -0.15) is 0 Å². The molecule has 0 aliphatic heterocycles. The highest BCUT2D eigenvalue weighted by atomic mass is 16.5. The smallest absolute Gasteiger partial charge is 0.315 e. The van der Waals surface area contributed by atoms with Crippen LogP contribution in [0.4, 0.5) is 6.01 Å². The minimum atomic E-state index is 0.430. The Labute approximate surface area is 124 Å². The molecule has 6 heteroatoms. The Hall–Kier alpha value is -2.08. The molecule has 0 saturated heterocycles. The maximum Gasteiger partial charge on any atom is 0.315 e. The van der Waals surface area contributed by atoms with Gasteiger partial charge in [-0.15, -0.1) is 5.10 Å². The SMILES string of the molecule is COc1cccc(CNc2nnc(CNCC(C)C)o2)c1. The van der Waals surface area contributed by atoms with E-state index in [0.717, 1.165) is 17.9 Å². The van der Waals surface area contributed by atoms with Crippen LogP contribution in [0.25, 0.3) is 0 Å². The summed E-state index contributed by atoms with van der Waals surface area (Å²) in [4.78, 5) is 0. The molecular formula is C15H22N4O2. The first-order valence-corrected chi connectivity index (χ1v) is 7.07. The van der Waals surface area contributed by atoms with E-state index >= 15 is 0 Å². The van der Waals surface area contributed by atoms with Gasteiger partial charge in [0.25, 0.3) is 0 Å². The summed E-state index contributed by atoms with van der Waals surface area (Å²) in [7, 11) is 1.65. The van der Waals surface area contributed by atoms with Gasteiger partial charge in [-0.1, -0.05) is 31.1 Å². The second-order valence-corrected chi connectivity index (χ2v) is 5.23. The molecule has 0 spiro atoms. The molecule has 0 aliphatic carbocycles. The average molecular weight is 290 g/mol. The molecule has 114 valence electrons. The second-order valence-electron chi connectivity index (χ2n) is 5.23. The van der Waals surface area contributed by atoms with Crippen LogP contribution in [0, 0.1) is 5.92 Å². The molecule has 0 radical (unpaired) electrons. The summed E-state index contributed by atoms with van der Waals surface area (Å²) in [5.41, 5.74) is 1.09. The number of anilines is 1. The van der Waals surface area contributed by atoms with Gasteiger partial charge in [-0.05, 0) is 30.2 Å².